The van der Waals surface area contributed by atoms with Crippen LogP contribution in [0.15, 0.2) is 12.3 Å². The van der Waals surface area contributed by atoms with E-state index in [1.807, 2.05) is 25.7 Å². The summed E-state index contributed by atoms with van der Waals surface area (Å²) in [5.74, 6) is 0.188. The lowest BCUT2D eigenvalue weighted by Crippen LogP contribution is -2.43. The van der Waals surface area contributed by atoms with Crippen LogP contribution in [0.1, 0.15) is 90.6 Å². The van der Waals surface area contributed by atoms with Crippen molar-refractivity contribution in [2.75, 3.05) is 26.2 Å². The molecule has 0 radical (unpaired) electrons. The van der Waals surface area contributed by atoms with Crippen molar-refractivity contribution in [1.82, 2.24) is 24.3 Å². The molecule has 9 heteroatoms. The summed E-state index contributed by atoms with van der Waals surface area (Å²) < 4.78 is 7.81. The van der Waals surface area contributed by atoms with E-state index in [9.17, 15) is 15.3 Å². The molecule has 39 heavy (non-hydrogen) atoms. The highest BCUT2D eigenvalue weighted by atomic mass is 16.6. The van der Waals surface area contributed by atoms with Gasteiger partial charge in [-0.2, -0.15) is 10.5 Å². The number of likely N-dealkylation sites (tertiary alicyclic amines) is 2. The van der Waals surface area contributed by atoms with Gasteiger partial charge in [0.2, 0.25) is 5.82 Å². The highest BCUT2D eigenvalue weighted by Gasteiger charge is 2.43. The molecule has 1 unspecified atom stereocenters. The van der Waals surface area contributed by atoms with Gasteiger partial charge in [-0.05, 0) is 77.4 Å². The number of unbranched alkanes of at least 4 members (excludes halogenated alkanes) is 2. The highest BCUT2D eigenvalue weighted by molar-refractivity contribution is 5.77. The normalized spacial score (nSPS) is 18.3. The number of carbonyl (C=O) groups excluding carboxylic acids is 1. The van der Waals surface area contributed by atoms with Crippen LogP contribution in [0.5, 0.6) is 0 Å². The molecule has 2 aliphatic rings. The van der Waals surface area contributed by atoms with Crippen molar-refractivity contribution >= 4 is 17.1 Å². The zero-order valence-electron chi connectivity index (χ0n) is 24.1. The van der Waals surface area contributed by atoms with Crippen molar-refractivity contribution in [3.8, 4) is 12.1 Å². The fourth-order valence-corrected chi connectivity index (χ4v) is 5.97. The van der Waals surface area contributed by atoms with Gasteiger partial charge in [-0.1, -0.05) is 26.2 Å². The molecule has 1 amide bonds. The molecule has 0 aliphatic carbocycles. The maximum atomic E-state index is 12.6. The van der Waals surface area contributed by atoms with Gasteiger partial charge in [0, 0.05) is 49.4 Å². The first-order chi connectivity index (χ1) is 18.6. The number of ether oxygens (including phenoxy) is 1. The molecule has 0 N–H and O–H groups in total. The van der Waals surface area contributed by atoms with Gasteiger partial charge in [-0.3, -0.25) is 4.90 Å². The molecule has 2 fully saturated rings. The monoisotopic (exact) mass is 533 g/mol. The third-order valence-electron chi connectivity index (χ3n) is 8.25. The van der Waals surface area contributed by atoms with Gasteiger partial charge in [-0.25, -0.2) is 14.8 Å². The molecule has 9 nitrogen and oxygen atoms in total. The van der Waals surface area contributed by atoms with E-state index in [1.54, 1.807) is 6.20 Å². The van der Waals surface area contributed by atoms with Crippen LogP contribution in [0.25, 0.3) is 11.0 Å². The Labute approximate surface area is 232 Å². The zero-order chi connectivity index (χ0) is 28.0. The molecule has 2 aromatic heterocycles. The minimum atomic E-state index is -0.476. The standard InChI is InChI=1S/C30H43N7O2/c1-5-6-7-8-23(18-31)9-13-37-25(17-24-20-33-26(19-32)34-27(24)37)21-35-14-10-30(11-15-35)12-16-36(22-30)28(38)39-29(2,3)4/h17,20,23H,5-16,21-22H2,1-4H3. The second-order valence-corrected chi connectivity index (χ2v) is 12.4. The fourth-order valence-electron chi connectivity index (χ4n) is 5.97. The van der Waals surface area contributed by atoms with Gasteiger partial charge in [0.05, 0.1) is 6.07 Å². The summed E-state index contributed by atoms with van der Waals surface area (Å²) in [4.78, 5) is 25.7. The number of hydrogen-bond donors (Lipinski definition) is 0. The van der Waals surface area contributed by atoms with E-state index in [2.05, 4.69) is 44.6 Å². The van der Waals surface area contributed by atoms with Crippen LogP contribution in [-0.4, -0.2) is 62.2 Å². The van der Waals surface area contributed by atoms with Crippen LogP contribution >= 0.6 is 0 Å². The van der Waals surface area contributed by atoms with Gasteiger partial charge in [-0.15, -0.1) is 0 Å². The van der Waals surface area contributed by atoms with E-state index >= 15 is 0 Å². The largest absolute Gasteiger partial charge is 0.444 e. The summed E-state index contributed by atoms with van der Waals surface area (Å²) >= 11 is 0. The first-order valence-corrected chi connectivity index (χ1v) is 14.5. The van der Waals surface area contributed by atoms with Crippen LogP contribution in [0, 0.1) is 34.0 Å². The Morgan fingerprint density at radius 1 is 1.15 bits per heavy atom. The summed E-state index contributed by atoms with van der Waals surface area (Å²) in [6.07, 6.45) is 9.75. The number of aromatic nitrogens is 3. The highest BCUT2D eigenvalue weighted by Crippen LogP contribution is 2.41. The lowest BCUT2D eigenvalue weighted by molar-refractivity contribution is 0.0245. The Hall–Kier alpha value is -3.17. The molecule has 210 valence electrons. The number of piperidine rings is 1. The number of amides is 1. The molecule has 2 saturated heterocycles. The van der Waals surface area contributed by atoms with Crippen LogP contribution in [0.2, 0.25) is 0 Å². The van der Waals surface area contributed by atoms with E-state index in [-0.39, 0.29) is 23.3 Å². The predicted molar refractivity (Wildman–Crippen MR) is 149 cm³/mol. The Bertz CT molecular complexity index is 1220. The van der Waals surface area contributed by atoms with E-state index in [0.29, 0.717) is 6.54 Å². The Morgan fingerprint density at radius 3 is 2.56 bits per heavy atom. The molecule has 2 aromatic rings. The predicted octanol–water partition coefficient (Wildman–Crippen LogP) is 5.64. The molecule has 2 aliphatic heterocycles. The van der Waals surface area contributed by atoms with Crippen LogP contribution in [-0.2, 0) is 17.8 Å². The summed E-state index contributed by atoms with van der Waals surface area (Å²) in [6, 6.07) is 6.70. The zero-order valence-corrected chi connectivity index (χ0v) is 24.1. The second kappa shape index (κ2) is 12.3. The average molecular weight is 534 g/mol. The van der Waals surface area contributed by atoms with Gasteiger partial charge in [0.25, 0.3) is 0 Å². The van der Waals surface area contributed by atoms with Gasteiger partial charge in [0.15, 0.2) is 0 Å². The first kappa shape index (κ1) is 28.8. The minimum Gasteiger partial charge on any atom is -0.444 e. The van der Waals surface area contributed by atoms with Gasteiger partial charge < -0.3 is 14.2 Å². The summed E-state index contributed by atoms with van der Waals surface area (Å²) in [7, 11) is 0. The molecule has 1 spiro atoms. The van der Waals surface area contributed by atoms with Crippen molar-refractivity contribution in [3.05, 3.63) is 23.8 Å². The van der Waals surface area contributed by atoms with E-state index in [1.165, 1.54) is 0 Å². The number of hydrogen-bond acceptors (Lipinski definition) is 7. The average Bonchev–Trinajstić information content (AvgIpc) is 3.47. The van der Waals surface area contributed by atoms with Gasteiger partial charge in [0.1, 0.15) is 17.3 Å². The van der Waals surface area contributed by atoms with Crippen LogP contribution in [0.3, 0.4) is 0 Å². The van der Waals surface area contributed by atoms with Crippen molar-refractivity contribution in [3.63, 3.8) is 0 Å². The van der Waals surface area contributed by atoms with E-state index < -0.39 is 5.60 Å². The topological polar surface area (TPSA) is 111 Å². The maximum absolute atomic E-state index is 12.6. The SMILES string of the molecule is CCCCCC(C#N)CCn1c(CN2CCC3(CC2)CCN(C(=O)OC(C)(C)C)C3)cc2cnc(C#N)nc21. The number of carbonyl (C=O) groups is 1. The second-order valence-electron chi connectivity index (χ2n) is 12.4. The van der Waals surface area contributed by atoms with Crippen molar-refractivity contribution in [2.45, 2.75) is 97.8 Å². The molecule has 0 bridgehead atoms. The Morgan fingerprint density at radius 2 is 1.90 bits per heavy atom. The van der Waals surface area contributed by atoms with E-state index in [0.717, 1.165) is 101 Å². The summed E-state index contributed by atoms with van der Waals surface area (Å²) in [5.41, 5.74) is 1.62. The molecule has 0 aromatic carbocycles. The Kier molecular flexibility index (Phi) is 9.12. The molecule has 1 atom stereocenters. The quantitative estimate of drug-likeness (QED) is 0.384. The number of nitriles is 2. The van der Waals surface area contributed by atoms with E-state index in [4.69, 9.17) is 4.74 Å². The first-order valence-electron chi connectivity index (χ1n) is 14.5. The van der Waals surface area contributed by atoms with Crippen molar-refractivity contribution in [2.24, 2.45) is 11.3 Å². The Balaban J connectivity index is 1.42. The lowest BCUT2D eigenvalue weighted by atomic mass is 9.78. The number of aryl methyl sites for hydroxylation is 1. The third-order valence-corrected chi connectivity index (χ3v) is 8.25. The van der Waals surface area contributed by atoms with Gasteiger partial charge >= 0.3 is 6.09 Å². The van der Waals surface area contributed by atoms with Crippen molar-refractivity contribution in [1.29, 1.82) is 10.5 Å². The fraction of sp³-hybridized carbons (Fsp3) is 0.700. The summed E-state index contributed by atoms with van der Waals surface area (Å²) in [5, 5.41) is 20.0. The van der Waals surface area contributed by atoms with Crippen molar-refractivity contribution < 1.29 is 9.53 Å². The van der Waals surface area contributed by atoms with Crippen LogP contribution in [0.4, 0.5) is 4.79 Å². The molecular weight excluding hydrogens is 490 g/mol. The molecule has 4 heterocycles. The molecule has 0 saturated carbocycles. The summed E-state index contributed by atoms with van der Waals surface area (Å²) in [6.45, 7) is 12.9. The minimum absolute atomic E-state index is 0.0178. The maximum Gasteiger partial charge on any atom is 0.410 e. The van der Waals surface area contributed by atoms with Crippen LogP contribution < -0.4 is 0 Å². The number of fused-ring (bicyclic) bond motifs is 1. The number of nitrogens with zero attached hydrogens (tertiary/aromatic N) is 7. The molecular formula is C30H43N7O2. The number of rotatable bonds is 9. The lowest BCUT2D eigenvalue weighted by Gasteiger charge is -2.39. The smallest absolute Gasteiger partial charge is 0.410 e. The molecule has 4 rings (SSSR count). The third kappa shape index (κ3) is 7.28.